The molecule has 8 nitrogen and oxygen atoms in total. The molecule has 2 aromatic rings. The maximum absolute atomic E-state index is 12.4. The molecular weight excluding hydrogens is 396 g/mol. The van der Waals surface area contributed by atoms with Gasteiger partial charge >= 0.3 is 5.97 Å². The average molecular weight is 429 g/mol. The highest BCUT2D eigenvalue weighted by Gasteiger charge is 2.22. The molecule has 1 aromatic carbocycles. The van der Waals surface area contributed by atoms with Gasteiger partial charge in [0.2, 0.25) is 0 Å². The van der Waals surface area contributed by atoms with Crippen molar-refractivity contribution in [2.75, 3.05) is 32.8 Å². The van der Waals surface area contributed by atoms with Crippen LogP contribution in [-0.2, 0) is 4.74 Å². The zero-order chi connectivity index (χ0) is 22.2. The molecule has 1 aliphatic rings. The number of rotatable bonds is 10. The minimum atomic E-state index is -0.390. The smallest absolute Gasteiger partial charge is 0.341 e. The van der Waals surface area contributed by atoms with Crippen molar-refractivity contribution in [3.05, 3.63) is 47.3 Å². The number of hydrogen-bond acceptors (Lipinski definition) is 6. The summed E-state index contributed by atoms with van der Waals surface area (Å²) >= 11 is 0. The number of amides is 1. The van der Waals surface area contributed by atoms with Crippen LogP contribution >= 0.6 is 0 Å². The maximum Gasteiger partial charge on any atom is 0.341 e. The van der Waals surface area contributed by atoms with E-state index in [-0.39, 0.29) is 18.5 Å². The Morgan fingerprint density at radius 2 is 2.03 bits per heavy atom. The van der Waals surface area contributed by atoms with Gasteiger partial charge in [0, 0.05) is 18.2 Å². The van der Waals surface area contributed by atoms with Crippen molar-refractivity contribution in [1.29, 1.82) is 0 Å². The van der Waals surface area contributed by atoms with Crippen LogP contribution in [0.5, 0.6) is 0 Å². The van der Waals surface area contributed by atoms with Gasteiger partial charge in [0.25, 0.3) is 5.91 Å². The van der Waals surface area contributed by atoms with Crippen molar-refractivity contribution in [1.82, 2.24) is 20.0 Å². The highest BCUT2D eigenvalue weighted by molar-refractivity contribution is 5.94. The topological polar surface area (TPSA) is 96.7 Å². The van der Waals surface area contributed by atoms with E-state index in [1.165, 1.54) is 6.20 Å². The molecule has 8 heteroatoms. The second-order valence-electron chi connectivity index (χ2n) is 7.80. The average Bonchev–Trinajstić information content (AvgIpc) is 3.39. The lowest BCUT2D eigenvalue weighted by atomic mass is 10.2. The lowest BCUT2D eigenvalue weighted by molar-refractivity contribution is 0.0525. The predicted octanol–water partition coefficient (Wildman–Crippen LogP) is 2.32. The van der Waals surface area contributed by atoms with Gasteiger partial charge < -0.3 is 15.2 Å². The van der Waals surface area contributed by atoms with E-state index in [1.807, 2.05) is 19.1 Å². The fourth-order valence-corrected chi connectivity index (χ4v) is 3.97. The first-order chi connectivity index (χ1) is 15.0. The van der Waals surface area contributed by atoms with Gasteiger partial charge in [-0.05, 0) is 76.9 Å². The molecule has 0 bridgehead atoms. The molecule has 1 atom stereocenters. The number of carbonyl (C=O) groups excluding carboxylic acids is 2. The Balaban J connectivity index is 1.47. The molecule has 1 aliphatic heterocycles. The fraction of sp³-hybridized carbons (Fsp3) is 0.522. The number of likely N-dealkylation sites (tertiary alicyclic amines) is 1. The van der Waals surface area contributed by atoms with Gasteiger partial charge in [-0.1, -0.05) is 0 Å². The molecule has 0 radical (unpaired) electrons. The zero-order valence-corrected chi connectivity index (χ0v) is 18.3. The SMILES string of the molecule is CCOC(=O)c1cnn(-c2ccc(C(=O)NCCCCN3CCC[C@@H]3CO)cc2)c1C. The van der Waals surface area contributed by atoms with Crippen molar-refractivity contribution >= 4 is 11.9 Å². The van der Waals surface area contributed by atoms with Crippen LogP contribution in [0, 0.1) is 6.92 Å². The number of nitrogens with one attached hydrogen (secondary N) is 1. The largest absolute Gasteiger partial charge is 0.462 e. The third-order valence-corrected chi connectivity index (χ3v) is 5.75. The second-order valence-corrected chi connectivity index (χ2v) is 7.80. The number of benzene rings is 1. The Morgan fingerprint density at radius 1 is 1.26 bits per heavy atom. The summed E-state index contributed by atoms with van der Waals surface area (Å²) < 4.78 is 6.70. The molecular formula is C23H32N4O4. The molecule has 1 saturated heterocycles. The van der Waals surface area contributed by atoms with E-state index in [2.05, 4.69) is 15.3 Å². The van der Waals surface area contributed by atoms with Crippen molar-refractivity contribution in [2.24, 2.45) is 0 Å². The van der Waals surface area contributed by atoms with Gasteiger partial charge in [0.05, 0.1) is 30.8 Å². The van der Waals surface area contributed by atoms with Gasteiger partial charge in [-0.25, -0.2) is 9.48 Å². The lowest BCUT2D eigenvalue weighted by Gasteiger charge is -2.22. The van der Waals surface area contributed by atoms with E-state index in [9.17, 15) is 14.7 Å². The molecule has 2 N–H and O–H groups in total. The van der Waals surface area contributed by atoms with Gasteiger partial charge in [-0.2, -0.15) is 5.10 Å². The minimum Gasteiger partial charge on any atom is -0.462 e. The number of hydrogen-bond donors (Lipinski definition) is 2. The summed E-state index contributed by atoms with van der Waals surface area (Å²) in [5.41, 5.74) is 2.48. The summed E-state index contributed by atoms with van der Waals surface area (Å²) in [6.07, 6.45) is 5.63. The van der Waals surface area contributed by atoms with Crippen LogP contribution in [0.15, 0.2) is 30.5 Å². The first-order valence-corrected chi connectivity index (χ1v) is 11.0. The summed E-state index contributed by atoms with van der Waals surface area (Å²) in [7, 11) is 0. The first-order valence-electron chi connectivity index (χ1n) is 11.0. The summed E-state index contributed by atoms with van der Waals surface area (Å²) in [6, 6.07) is 7.44. The predicted molar refractivity (Wildman–Crippen MR) is 118 cm³/mol. The number of aliphatic hydroxyl groups excluding tert-OH is 1. The van der Waals surface area contributed by atoms with E-state index in [0.29, 0.717) is 36.0 Å². The Morgan fingerprint density at radius 3 is 2.74 bits per heavy atom. The van der Waals surface area contributed by atoms with Gasteiger partial charge in [0.15, 0.2) is 0 Å². The molecule has 0 unspecified atom stereocenters. The molecule has 3 rings (SSSR count). The third-order valence-electron chi connectivity index (χ3n) is 5.75. The molecule has 0 spiro atoms. The normalized spacial score (nSPS) is 16.4. The van der Waals surface area contributed by atoms with Crippen LogP contribution in [0.1, 0.15) is 59.0 Å². The van der Waals surface area contributed by atoms with Crippen molar-refractivity contribution in [3.63, 3.8) is 0 Å². The highest BCUT2D eigenvalue weighted by Crippen LogP contribution is 2.17. The minimum absolute atomic E-state index is 0.106. The number of carbonyl (C=O) groups is 2. The van der Waals surface area contributed by atoms with E-state index in [4.69, 9.17) is 4.74 Å². The van der Waals surface area contributed by atoms with E-state index in [0.717, 1.165) is 44.5 Å². The van der Waals surface area contributed by atoms with Crippen LogP contribution < -0.4 is 5.32 Å². The number of esters is 1. The number of aliphatic hydroxyl groups is 1. The van der Waals surface area contributed by atoms with Crippen LogP contribution in [0.2, 0.25) is 0 Å². The highest BCUT2D eigenvalue weighted by atomic mass is 16.5. The maximum atomic E-state index is 12.4. The standard InChI is InChI=1S/C23H32N4O4/c1-3-31-23(30)21-15-25-27(17(21)2)19-10-8-18(9-11-19)22(29)24-12-4-5-13-26-14-6-7-20(26)16-28/h8-11,15,20,28H,3-7,12-14,16H2,1-2H3,(H,24,29)/t20-/m1/s1. The Labute approximate surface area is 183 Å². The molecule has 0 aliphatic carbocycles. The third kappa shape index (κ3) is 5.71. The first kappa shape index (κ1) is 23.0. The quantitative estimate of drug-likeness (QED) is 0.445. The van der Waals surface area contributed by atoms with Gasteiger partial charge in [-0.15, -0.1) is 0 Å². The number of unbranched alkanes of at least 4 members (excludes halogenated alkanes) is 1. The van der Waals surface area contributed by atoms with Crippen molar-refractivity contribution in [2.45, 2.75) is 45.6 Å². The van der Waals surface area contributed by atoms with Crippen LogP contribution in [-0.4, -0.2) is 70.6 Å². The number of ether oxygens (including phenoxy) is 1. The molecule has 31 heavy (non-hydrogen) atoms. The summed E-state index contributed by atoms with van der Waals surface area (Å²) in [4.78, 5) is 26.7. The van der Waals surface area contributed by atoms with Crippen molar-refractivity contribution < 1.29 is 19.4 Å². The molecule has 1 fully saturated rings. The van der Waals surface area contributed by atoms with E-state index < -0.39 is 0 Å². The Kier molecular flexibility index (Phi) is 8.20. The van der Waals surface area contributed by atoms with Crippen LogP contribution in [0.4, 0.5) is 0 Å². The number of nitrogens with zero attached hydrogens (tertiary/aromatic N) is 3. The summed E-state index contributed by atoms with van der Waals surface area (Å²) in [5.74, 6) is -0.496. The number of aromatic nitrogens is 2. The molecule has 1 amide bonds. The fourth-order valence-electron chi connectivity index (χ4n) is 3.97. The summed E-state index contributed by atoms with van der Waals surface area (Å²) in [5, 5.41) is 16.6. The Hall–Kier alpha value is -2.71. The molecule has 168 valence electrons. The molecule has 0 saturated carbocycles. The zero-order valence-electron chi connectivity index (χ0n) is 18.3. The van der Waals surface area contributed by atoms with E-state index >= 15 is 0 Å². The van der Waals surface area contributed by atoms with Gasteiger partial charge in [-0.3, -0.25) is 9.69 Å². The van der Waals surface area contributed by atoms with Gasteiger partial charge in [0.1, 0.15) is 5.56 Å². The lowest BCUT2D eigenvalue weighted by Crippen LogP contribution is -2.33. The molecule has 2 heterocycles. The summed E-state index contributed by atoms with van der Waals surface area (Å²) in [6.45, 7) is 6.77. The van der Waals surface area contributed by atoms with Crippen LogP contribution in [0.3, 0.4) is 0 Å². The van der Waals surface area contributed by atoms with Crippen LogP contribution in [0.25, 0.3) is 5.69 Å². The van der Waals surface area contributed by atoms with E-state index in [1.54, 1.807) is 23.7 Å². The monoisotopic (exact) mass is 428 g/mol. The second kappa shape index (κ2) is 11.1. The van der Waals surface area contributed by atoms with Crippen molar-refractivity contribution in [3.8, 4) is 5.69 Å². The molecule has 1 aromatic heterocycles. The Bertz CT molecular complexity index is 878.